The van der Waals surface area contributed by atoms with Crippen LogP contribution in [0.5, 0.6) is 5.75 Å². The van der Waals surface area contributed by atoms with Crippen molar-refractivity contribution in [3.8, 4) is 5.75 Å². The van der Waals surface area contributed by atoms with E-state index in [4.69, 9.17) is 4.74 Å². The highest BCUT2D eigenvalue weighted by Gasteiger charge is 2.16. The highest BCUT2D eigenvalue weighted by Crippen LogP contribution is 2.27. The summed E-state index contributed by atoms with van der Waals surface area (Å²) in [6.07, 6.45) is 1.80. The first-order valence-corrected chi connectivity index (χ1v) is 4.24. The smallest absolute Gasteiger partial charge is 0.171 e. The zero-order valence-corrected chi connectivity index (χ0v) is 7.16. The van der Waals surface area contributed by atoms with E-state index in [-0.39, 0.29) is 0 Å². The Morgan fingerprint density at radius 1 is 1.67 bits per heavy atom. The molecule has 64 valence electrons. The Morgan fingerprint density at radius 2 is 2.58 bits per heavy atom. The zero-order chi connectivity index (χ0) is 8.39. The van der Waals surface area contributed by atoms with Crippen LogP contribution in [0.15, 0.2) is 18.3 Å². The van der Waals surface area contributed by atoms with E-state index >= 15 is 0 Å². The van der Waals surface area contributed by atoms with E-state index < -0.39 is 0 Å². The lowest BCUT2D eigenvalue weighted by Gasteiger charge is -2.28. The van der Waals surface area contributed by atoms with Crippen LogP contribution in [0, 0.1) is 0 Å². The first-order valence-electron chi connectivity index (χ1n) is 4.24. The van der Waals surface area contributed by atoms with Crippen molar-refractivity contribution in [2.24, 2.45) is 0 Å². The van der Waals surface area contributed by atoms with E-state index in [0.29, 0.717) is 0 Å². The highest BCUT2D eigenvalue weighted by molar-refractivity contribution is 5.53. The SMILES string of the molecule is CCN1CCOc2cccnc21. The Kier molecular flexibility index (Phi) is 1.86. The van der Waals surface area contributed by atoms with Crippen molar-refractivity contribution < 1.29 is 4.74 Å². The molecule has 0 unspecified atom stereocenters. The number of likely N-dealkylation sites (N-methyl/N-ethyl adjacent to an activating group) is 1. The number of rotatable bonds is 1. The van der Waals surface area contributed by atoms with Crippen LogP contribution in [0.2, 0.25) is 0 Å². The van der Waals surface area contributed by atoms with Crippen molar-refractivity contribution in [3.63, 3.8) is 0 Å². The molecule has 12 heavy (non-hydrogen) atoms. The second-order valence-electron chi connectivity index (χ2n) is 2.75. The molecule has 0 radical (unpaired) electrons. The van der Waals surface area contributed by atoms with Gasteiger partial charge in [-0.3, -0.25) is 0 Å². The van der Waals surface area contributed by atoms with Gasteiger partial charge in [-0.05, 0) is 19.1 Å². The Bertz CT molecular complexity index is 275. The fourth-order valence-corrected chi connectivity index (χ4v) is 1.41. The monoisotopic (exact) mass is 164 g/mol. The Labute approximate surface area is 72.0 Å². The lowest BCUT2D eigenvalue weighted by Crippen LogP contribution is -2.33. The van der Waals surface area contributed by atoms with Gasteiger partial charge in [-0.2, -0.15) is 0 Å². The third-order valence-electron chi connectivity index (χ3n) is 2.05. The largest absolute Gasteiger partial charge is 0.488 e. The number of hydrogen-bond donors (Lipinski definition) is 0. The van der Waals surface area contributed by atoms with Crippen LogP contribution in [0.1, 0.15) is 6.92 Å². The lowest BCUT2D eigenvalue weighted by atomic mass is 10.3. The molecular weight excluding hydrogens is 152 g/mol. The van der Waals surface area contributed by atoms with Gasteiger partial charge in [0.05, 0.1) is 6.54 Å². The maximum absolute atomic E-state index is 5.45. The fourth-order valence-electron chi connectivity index (χ4n) is 1.41. The Hall–Kier alpha value is -1.25. The van der Waals surface area contributed by atoms with Crippen molar-refractivity contribution in [3.05, 3.63) is 18.3 Å². The molecule has 2 heterocycles. The molecule has 1 aliphatic heterocycles. The van der Waals surface area contributed by atoms with Crippen molar-refractivity contribution in [2.75, 3.05) is 24.6 Å². The highest BCUT2D eigenvalue weighted by atomic mass is 16.5. The summed E-state index contributed by atoms with van der Waals surface area (Å²) in [5, 5.41) is 0. The molecule has 3 heteroatoms. The minimum atomic E-state index is 0.770. The first-order chi connectivity index (χ1) is 5.92. The summed E-state index contributed by atoms with van der Waals surface area (Å²) >= 11 is 0. The molecule has 0 aliphatic carbocycles. The van der Waals surface area contributed by atoms with Gasteiger partial charge >= 0.3 is 0 Å². The summed E-state index contributed by atoms with van der Waals surface area (Å²) in [6, 6.07) is 3.86. The van der Waals surface area contributed by atoms with Crippen LogP contribution in [-0.2, 0) is 0 Å². The van der Waals surface area contributed by atoms with Gasteiger partial charge in [-0.25, -0.2) is 4.98 Å². The number of ether oxygens (including phenoxy) is 1. The van der Waals surface area contributed by atoms with Crippen LogP contribution in [0.3, 0.4) is 0 Å². The molecule has 3 nitrogen and oxygen atoms in total. The van der Waals surface area contributed by atoms with Crippen LogP contribution >= 0.6 is 0 Å². The van der Waals surface area contributed by atoms with E-state index in [1.165, 1.54) is 0 Å². The summed E-state index contributed by atoms with van der Waals surface area (Å²) in [7, 11) is 0. The van der Waals surface area contributed by atoms with Gasteiger partial charge in [-0.15, -0.1) is 0 Å². The number of anilines is 1. The van der Waals surface area contributed by atoms with Crippen LogP contribution < -0.4 is 9.64 Å². The molecule has 0 atom stereocenters. The van der Waals surface area contributed by atoms with Crippen molar-refractivity contribution in [1.82, 2.24) is 4.98 Å². The van der Waals surface area contributed by atoms with Gasteiger partial charge in [0.2, 0.25) is 0 Å². The van der Waals surface area contributed by atoms with Gasteiger partial charge < -0.3 is 9.64 Å². The van der Waals surface area contributed by atoms with Crippen LogP contribution in [0.4, 0.5) is 5.82 Å². The maximum Gasteiger partial charge on any atom is 0.171 e. The third kappa shape index (κ3) is 1.11. The Balaban J connectivity index is 2.37. The quantitative estimate of drug-likeness (QED) is 0.625. The number of nitrogens with zero attached hydrogens (tertiary/aromatic N) is 2. The van der Waals surface area contributed by atoms with Gasteiger partial charge in [0.1, 0.15) is 6.61 Å². The van der Waals surface area contributed by atoms with Crippen molar-refractivity contribution >= 4 is 5.82 Å². The van der Waals surface area contributed by atoms with Gasteiger partial charge in [0.15, 0.2) is 11.6 Å². The summed E-state index contributed by atoms with van der Waals surface area (Å²) in [5.74, 6) is 1.89. The van der Waals surface area contributed by atoms with Crippen molar-refractivity contribution in [1.29, 1.82) is 0 Å². The van der Waals surface area contributed by atoms with E-state index in [9.17, 15) is 0 Å². The Morgan fingerprint density at radius 3 is 3.42 bits per heavy atom. The predicted molar refractivity (Wildman–Crippen MR) is 47.6 cm³/mol. The molecule has 0 bridgehead atoms. The number of fused-ring (bicyclic) bond motifs is 1. The van der Waals surface area contributed by atoms with Crippen molar-refractivity contribution in [2.45, 2.75) is 6.92 Å². The molecule has 0 spiro atoms. The molecule has 0 amide bonds. The number of aromatic nitrogens is 1. The summed E-state index contributed by atoms with van der Waals surface area (Å²) in [6.45, 7) is 4.84. The molecule has 0 aromatic carbocycles. The molecule has 0 N–H and O–H groups in total. The van der Waals surface area contributed by atoms with Gasteiger partial charge in [0.25, 0.3) is 0 Å². The van der Waals surface area contributed by atoms with E-state index in [1.807, 2.05) is 12.1 Å². The van der Waals surface area contributed by atoms with E-state index in [2.05, 4.69) is 16.8 Å². The zero-order valence-electron chi connectivity index (χ0n) is 7.16. The molecule has 2 rings (SSSR count). The molecular formula is C9H12N2O. The van der Waals surface area contributed by atoms with Gasteiger partial charge in [0, 0.05) is 12.7 Å². The molecule has 1 aromatic heterocycles. The minimum Gasteiger partial charge on any atom is -0.488 e. The molecule has 0 fully saturated rings. The van der Waals surface area contributed by atoms with Crippen LogP contribution in [0.25, 0.3) is 0 Å². The average Bonchev–Trinajstić information content (AvgIpc) is 2.17. The standard InChI is InChI=1S/C9H12N2O/c1-2-11-6-7-12-8-4-3-5-10-9(8)11/h3-5H,2,6-7H2,1H3. The molecule has 0 saturated carbocycles. The van der Waals surface area contributed by atoms with Crippen LogP contribution in [-0.4, -0.2) is 24.7 Å². The fraction of sp³-hybridized carbons (Fsp3) is 0.444. The average molecular weight is 164 g/mol. The molecule has 1 aliphatic rings. The predicted octanol–water partition coefficient (Wildman–Crippen LogP) is 1.30. The first kappa shape index (κ1) is 7.40. The minimum absolute atomic E-state index is 0.770. The third-order valence-corrected chi connectivity index (χ3v) is 2.05. The number of pyridine rings is 1. The second kappa shape index (κ2) is 3.01. The molecule has 1 aromatic rings. The number of hydrogen-bond acceptors (Lipinski definition) is 3. The summed E-state index contributed by atoms with van der Waals surface area (Å²) < 4.78 is 5.45. The van der Waals surface area contributed by atoms with E-state index in [1.54, 1.807) is 6.20 Å². The normalized spacial score (nSPS) is 15.2. The summed E-state index contributed by atoms with van der Waals surface area (Å²) in [5.41, 5.74) is 0. The topological polar surface area (TPSA) is 25.4 Å². The maximum atomic E-state index is 5.45. The second-order valence-corrected chi connectivity index (χ2v) is 2.75. The van der Waals surface area contributed by atoms with E-state index in [0.717, 1.165) is 31.3 Å². The molecule has 0 saturated heterocycles. The lowest BCUT2D eigenvalue weighted by molar-refractivity contribution is 0.306. The van der Waals surface area contributed by atoms with Gasteiger partial charge in [-0.1, -0.05) is 0 Å². The summed E-state index contributed by atoms with van der Waals surface area (Å²) in [4.78, 5) is 6.49.